The number of halogens is 1. The van der Waals surface area contributed by atoms with Crippen molar-refractivity contribution in [3.8, 4) is 5.75 Å². The maximum absolute atomic E-state index is 13.6. The van der Waals surface area contributed by atoms with Gasteiger partial charge in [0.25, 0.3) is 0 Å². The summed E-state index contributed by atoms with van der Waals surface area (Å²) in [6.07, 6.45) is 7.87. The summed E-state index contributed by atoms with van der Waals surface area (Å²) in [6.45, 7) is 0.197. The molecular weight excluding hydrogens is 361 g/mol. The molecule has 0 heterocycles. The third kappa shape index (κ3) is 6.32. The highest BCUT2D eigenvalue weighted by Crippen LogP contribution is 2.17. The van der Waals surface area contributed by atoms with E-state index in [1.165, 1.54) is 38.2 Å². The number of ether oxygens (including phenoxy) is 1. The van der Waals surface area contributed by atoms with Crippen molar-refractivity contribution >= 4 is 23.5 Å². The largest absolute Gasteiger partial charge is 0.489 e. The second-order valence-corrected chi connectivity index (χ2v) is 7.04. The predicted molar refractivity (Wildman–Crippen MR) is 111 cm³/mol. The number of nitrogens with one attached hydrogen (secondary N) is 2. The highest BCUT2D eigenvalue weighted by molar-refractivity contribution is 7.80. The minimum absolute atomic E-state index is 0.197. The highest BCUT2D eigenvalue weighted by atomic mass is 32.1. The molecule has 0 bridgehead atoms. The van der Waals surface area contributed by atoms with Crippen molar-refractivity contribution in [2.24, 2.45) is 5.10 Å². The van der Waals surface area contributed by atoms with Crippen LogP contribution in [0.3, 0.4) is 0 Å². The summed E-state index contributed by atoms with van der Waals surface area (Å²) in [5, 5.41) is 8.04. The summed E-state index contributed by atoms with van der Waals surface area (Å²) < 4.78 is 19.2. The van der Waals surface area contributed by atoms with E-state index in [2.05, 4.69) is 15.8 Å². The van der Waals surface area contributed by atoms with Gasteiger partial charge in [0.2, 0.25) is 0 Å². The molecule has 142 valence electrons. The molecule has 0 radical (unpaired) electrons. The Morgan fingerprint density at radius 1 is 1.11 bits per heavy atom. The Morgan fingerprint density at radius 3 is 2.59 bits per heavy atom. The first-order valence-electron chi connectivity index (χ1n) is 9.26. The molecule has 2 aromatic rings. The lowest BCUT2D eigenvalue weighted by Gasteiger charge is -2.23. The van der Waals surface area contributed by atoms with Crippen molar-refractivity contribution < 1.29 is 9.13 Å². The Bertz CT molecular complexity index is 773. The number of hydrogen-bond acceptors (Lipinski definition) is 3. The molecule has 27 heavy (non-hydrogen) atoms. The molecule has 0 aliphatic heterocycles. The van der Waals surface area contributed by atoms with Crippen molar-refractivity contribution in [1.29, 1.82) is 0 Å². The summed E-state index contributed by atoms with van der Waals surface area (Å²) in [5.41, 5.74) is 4.31. The Labute approximate surface area is 164 Å². The predicted octanol–water partition coefficient (Wildman–Crippen LogP) is 4.54. The fraction of sp³-hybridized carbons (Fsp3) is 0.333. The molecule has 4 nitrogen and oxygen atoms in total. The third-order valence-electron chi connectivity index (χ3n) is 4.55. The standard InChI is InChI=1S/C21H24FN3OS/c22-20-9-5-4-6-17(20)15-26-19-12-10-16(11-13-19)14-23-25-21(27)24-18-7-2-1-3-8-18/h4-6,9-14,18H,1-3,7-8,15H2,(H2,24,25,27)/b23-14+. The second kappa shape index (κ2) is 10.0. The number of benzene rings is 2. The quantitative estimate of drug-likeness (QED) is 0.435. The summed E-state index contributed by atoms with van der Waals surface area (Å²) in [6, 6.07) is 14.5. The summed E-state index contributed by atoms with van der Waals surface area (Å²) in [5.74, 6) is 0.419. The molecule has 0 unspecified atom stereocenters. The molecule has 6 heteroatoms. The van der Waals surface area contributed by atoms with Crippen molar-refractivity contribution in [3.63, 3.8) is 0 Å². The average Bonchev–Trinajstić information content (AvgIpc) is 2.69. The third-order valence-corrected chi connectivity index (χ3v) is 4.76. The SMILES string of the molecule is Fc1ccccc1COc1ccc(/C=N/NC(=S)NC2CCCCC2)cc1. The monoisotopic (exact) mass is 385 g/mol. The maximum Gasteiger partial charge on any atom is 0.187 e. The van der Waals surface area contributed by atoms with E-state index < -0.39 is 0 Å². The van der Waals surface area contributed by atoms with Crippen LogP contribution in [0.4, 0.5) is 4.39 Å². The Balaban J connectivity index is 1.43. The van der Waals surface area contributed by atoms with Gasteiger partial charge in [0.05, 0.1) is 6.21 Å². The van der Waals surface area contributed by atoms with Crippen LogP contribution < -0.4 is 15.5 Å². The van der Waals surface area contributed by atoms with Crippen molar-refractivity contribution in [1.82, 2.24) is 10.7 Å². The van der Waals surface area contributed by atoms with Gasteiger partial charge in [-0.25, -0.2) is 4.39 Å². The van der Waals surface area contributed by atoms with E-state index in [1.807, 2.05) is 24.3 Å². The Kier molecular flexibility index (Phi) is 7.16. The summed E-state index contributed by atoms with van der Waals surface area (Å²) in [7, 11) is 0. The van der Waals surface area contributed by atoms with E-state index in [0.717, 1.165) is 5.56 Å². The zero-order valence-electron chi connectivity index (χ0n) is 15.2. The van der Waals surface area contributed by atoms with E-state index in [9.17, 15) is 4.39 Å². The molecule has 0 saturated heterocycles. The van der Waals surface area contributed by atoms with Crippen LogP contribution in [-0.2, 0) is 6.61 Å². The molecular formula is C21H24FN3OS. The molecule has 1 aliphatic rings. The zero-order chi connectivity index (χ0) is 18.9. The number of hydrogen-bond donors (Lipinski definition) is 2. The minimum Gasteiger partial charge on any atom is -0.489 e. The van der Waals surface area contributed by atoms with Gasteiger partial charge in [-0.3, -0.25) is 5.43 Å². The van der Waals surface area contributed by atoms with Gasteiger partial charge in [-0.2, -0.15) is 5.10 Å². The molecule has 1 fully saturated rings. The van der Waals surface area contributed by atoms with Crippen LogP contribution in [0.1, 0.15) is 43.2 Å². The van der Waals surface area contributed by atoms with E-state index in [-0.39, 0.29) is 12.4 Å². The van der Waals surface area contributed by atoms with Crippen LogP contribution in [0.2, 0.25) is 0 Å². The van der Waals surface area contributed by atoms with Crippen molar-refractivity contribution in [3.05, 3.63) is 65.5 Å². The number of thiocarbonyl (C=S) groups is 1. The molecule has 1 saturated carbocycles. The molecule has 1 aliphatic carbocycles. The second-order valence-electron chi connectivity index (χ2n) is 6.63. The van der Waals surface area contributed by atoms with Gasteiger partial charge in [0.1, 0.15) is 18.2 Å². The first-order chi connectivity index (χ1) is 13.2. The van der Waals surface area contributed by atoms with Gasteiger partial charge in [0, 0.05) is 11.6 Å². The summed E-state index contributed by atoms with van der Waals surface area (Å²) >= 11 is 5.28. The number of nitrogens with zero attached hydrogens (tertiary/aromatic N) is 1. The van der Waals surface area contributed by atoms with Crippen LogP contribution in [0.25, 0.3) is 0 Å². The molecule has 3 rings (SSSR count). The Morgan fingerprint density at radius 2 is 1.85 bits per heavy atom. The molecule has 0 atom stereocenters. The number of hydrazone groups is 1. The van der Waals surface area contributed by atoms with Crippen LogP contribution in [0, 0.1) is 5.82 Å². The Hall–Kier alpha value is -2.47. The minimum atomic E-state index is -0.259. The van der Waals surface area contributed by atoms with E-state index in [1.54, 1.807) is 24.4 Å². The maximum atomic E-state index is 13.6. The highest BCUT2D eigenvalue weighted by Gasteiger charge is 2.13. The van der Waals surface area contributed by atoms with Gasteiger partial charge < -0.3 is 10.1 Å². The van der Waals surface area contributed by atoms with Crippen LogP contribution in [-0.4, -0.2) is 17.4 Å². The molecule has 0 spiro atoms. The van der Waals surface area contributed by atoms with Gasteiger partial charge in [-0.1, -0.05) is 37.5 Å². The molecule has 0 amide bonds. The summed E-state index contributed by atoms with van der Waals surface area (Å²) in [4.78, 5) is 0. The van der Waals surface area contributed by atoms with E-state index >= 15 is 0 Å². The van der Waals surface area contributed by atoms with Crippen molar-refractivity contribution in [2.45, 2.75) is 44.8 Å². The lowest BCUT2D eigenvalue weighted by atomic mass is 9.96. The zero-order valence-corrected chi connectivity index (χ0v) is 16.0. The lowest BCUT2D eigenvalue weighted by molar-refractivity contribution is 0.300. The first-order valence-corrected chi connectivity index (χ1v) is 9.67. The van der Waals surface area contributed by atoms with Crippen LogP contribution in [0.15, 0.2) is 53.6 Å². The molecule has 0 aromatic heterocycles. The fourth-order valence-corrected chi connectivity index (χ4v) is 3.28. The van der Waals surface area contributed by atoms with E-state index in [0.29, 0.717) is 22.5 Å². The van der Waals surface area contributed by atoms with Gasteiger partial charge in [-0.05, 0) is 61.0 Å². The topological polar surface area (TPSA) is 45.6 Å². The lowest BCUT2D eigenvalue weighted by Crippen LogP contribution is -2.40. The molecule has 2 aromatic carbocycles. The van der Waals surface area contributed by atoms with Crippen LogP contribution in [0.5, 0.6) is 5.75 Å². The molecule has 2 N–H and O–H groups in total. The van der Waals surface area contributed by atoms with Gasteiger partial charge in [-0.15, -0.1) is 0 Å². The van der Waals surface area contributed by atoms with Gasteiger partial charge in [0.15, 0.2) is 5.11 Å². The van der Waals surface area contributed by atoms with E-state index in [4.69, 9.17) is 17.0 Å². The van der Waals surface area contributed by atoms with Gasteiger partial charge >= 0.3 is 0 Å². The number of rotatable bonds is 6. The first kappa shape index (κ1) is 19.3. The smallest absolute Gasteiger partial charge is 0.187 e. The van der Waals surface area contributed by atoms with Crippen LogP contribution >= 0.6 is 12.2 Å². The fourth-order valence-electron chi connectivity index (χ4n) is 3.06. The normalized spacial score (nSPS) is 14.9. The average molecular weight is 386 g/mol. The van der Waals surface area contributed by atoms with Crippen molar-refractivity contribution in [2.75, 3.05) is 0 Å².